The maximum absolute atomic E-state index is 12.9. The topological polar surface area (TPSA) is 66.4 Å². The lowest BCUT2D eigenvalue weighted by atomic mass is 10.2. The zero-order chi connectivity index (χ0) is 10.7. The van der Waals surface area contributed by atoms with Gasteiger partial charge in [0.2, 0.25) is 6.41 Å². The molecular formula is C8H5F2NO3. The highest BCUT2D eigenvalue weighted by Gasteiger charge is 2.14. The van der Waals surface area contributed by atoms with Gasteiger partial charge in [-0.2, -0.15) is 0 Å². The van der Waals surface area contributed by atoms with Crippen LogP contribution in [0.5, 0.6) is 0 Å². The first-order valence-corrected chi connectivity index (χ1v) is 3.48. The van der Waals surface area contributed by atoms with E-state index in [0.29, 0.717) is 12.1 Å². The quantitative estimate of drug-likeness (QED) is 0.723. The fourth-order valence-electron chi connectivity index (χ4n) is 0.885. The number of rotatable bonds is 3. The smallest absolute Gasteiger partial charge is 0.338 e. The Morgan fingerprint density at radius 3 is 2.50 bits per heavy atom. The number of carbonyl (C=O) groups excluding carboxylic acids is 1. The number of halogens is 2. The average Bonchev–Trinajstić information content (AvgIpc) is 2.10. The van der Waals surface area contributed by atoms with E-state index in [1.807, 2.05) is 5.32 Å². The Labute approximate surface area is 77.2 Å². The fourth-order valence-corrected chi connectivity index (χ4v) is 0.885. The number of carbonyl (C=O) groups is 2. The molecule has 1 aromatic carbocycles. The number of carboxylic acids is 1. The normalized spacial score (nSPS) is 9.57. The highest BCUT2D eigenvalue weighted by molar-refractivity contribution is 5.89. The molecular weight excluding hydrogens is 196 g/mol. The van der Waals surface area contributed by atoms with Crippen molar-refractivity contribution in [3.05, 3.63) is 29.3 Å². The molecule has 0 unspecified atom stereocenters. The van der Waals surface area contributed by atoms with Gasteiger partial charge in [-0.3, -0.25) is 4.79 Å². The Balaban J connectivity index is 3.23. The van der Waals surface area contributed by atoms with Crippen LogP contribution in [0.15, 0.2) is 12.1 Å². The molecule has 0 heterocycles. The molecule has 2 N–H and O–H groups in total. The standard InChI is InChI=1S/C8H5F2NO3/c9-5-2-7(11-3-12)6(10)1-4(5)8(13)14/h1-3H,(H,11,12)(H,13,14). The third-order valence-corrected chi connectivity index (χ3v) is 1.50. The van der Waals surface area contributed by atoms with Gasteiger partial charge in [0, 0.05) is 6.07 Å². The van der Waals surface area contributed by atoms with Crippen LogP contribution in [0.4, 0.5) is 14.5 Å². The summed E-state index contributed by atoms with van der Waals surface area (Å²) in [4.78, 5) is 20.3. The number of aromatic carboxylic acids is 1. The minimum atomic E-state index is -1.57. The Morgan fingerprint density at radius 1 is 1.36 bits per heavy atom. The van der Waals surface area contributed by atoms with E-state index >= 15 is 0 Å². The molecule has 0 saturated carbocycles. The van der Waals surface area contributed by atoms with E-state index in [4.69, 9.17) is 5.11 Å². The van der Waals surface area contributed by atoms with Crippen LogP contribution in [0.2, 0.25) is 0 Å². The lowest BCUT2D eigenvalue weighted by Crippen LogP contribution is -2.05. The summed E-state index contributed by atoms with van der Waals surface area (Å²) < 4.78 is 25.8. The zero-order valence-corrected chi connectivity index (χ0v) is 6.75. The molecule has 74 valence electrons. The predicted molar refractivity (Wildman–Crippen MR) is 43.0 cm³/mol. The summed E-state index contributed by atoms with van der Waals surface area (Å²) in [6.45, 7) is 0. The number of carboxylic acid groups (broad SMARTS) is 1. The van der Waals surface area contributed by atoms with Gasteiger partial charge in [-0.05, 0) is 6.07 Å². The molecule has 4 nitrogen and oxygen atoms in total. The monoisotopic (exact) mass is 201 g/mol. The van der Waals surface area contributed by atoms with Crippen LogP contribution in [0.1, 0.15) is 10.4 Å². The SMILES string of the molecule is O=CNc1cc(F)c(C(=O)O)cc1F. The van der Waals surface area contributed by atoms with Crippen LogP contribution in [-0.2, 0) is 4.79 Å². The van der Waals surface area contributed by atoms with Crippen molar-refractivity contribution in [3.8, 4) is 0 Å². The molecule has 0 radical (unpaired) electrons. The molecule has 6 heteroatoms. The highest BCUT2D eigenvalue weighted by atomic mass is 19.1. The molecule has 0 aromatic heterocycles. The minimum absolute atomic E-state index is 0.165. The molecule has 0 aliphatic heterocycles. The van der Waals surface area contributed by atoms with Crippen LogP contribution in [0, 0.1) is 11.6 Å². The van der Waals surface area contributed by atoms with Gasteiger partial charge in [-0.1, -0.05) is 0 Å². The summed E-state index contributed by atoms with van der Waals surface area (Å²) in [7, 11) is 0. The van der Waals surface area contributed by atoms with Crippen LogP contribution >= 0.6 is 0 Å². The first-order chi connectivity index (χ1) is 6.56. The second-order valence-corrected chi connectivity index (χ2v) is 2.38. The molecule has 0 atom stereocenters. The average molecular weight is 201 g/mol. The second-order valence-electron chi connectivity index (χ2n) is 2.38. The summed E-state index contributed by atoms with van der Waals surface area (Å²) in [5.41, 5.74) is -1.18. The van der Waals surface area contributed by atoms with E-state index in [1.54, 1.807) is 0 Å². The predicted octanol–water partition coefficient (Wildman–Crippen LogP) is 1.23. The van der Waals surface area contributed by atoms with Gasteiger partial charge in [0.05, 0.1) is 11.3 Å². The van der Waals surface area contributed by atoms with Crippen molar-refractivity contribution in [2.45, 2.75) is 0 Å². The van der Waals surface area contributed by atoms with Crippen molar-refractivity contribution in [2.24, 2.45) is 0 Å². The van der Waals surface area contributed by atoms with Gasteiger partial charge in [0.15, 0.2) is 0 Å². The number of benzene rings is 1. The van der Waals surface area contributed by atoms with Crippen molar-refractivity contribution in [1.29, 1.82) is 0 Å². The van der Waals surface area contributed by atoms with E-state index in [2.05, 4.69) is 0 Å². The third kappa shape index (κ3) is 1.85. The van der Waals surface area contributed by atoms with Crippen molar-refractivity contribution in [1.82, 2.24) is 0 Å². The summed E-state index contributed by atoms with van der Waals surface area (Å²) in [5, 5.41) is 10.3. The van der Waals surface area contributed by atoms with Gasteiger partial charge >= 0.3 is 5.97 Å². The number of amides is 1. The molecule has 0 spiro atoms. The maximum Gasteiger partial charge on any atom is 0.338 e. The van der Waals surface area contributed by atoms with Gasteiger partial charge in [0.25, 0.3) is 0 Å². The van der Waals surface area contributed by atoms with Crippen molar-refractivity contribution in [2.75, 3.05) is 5.32 Å². The first-order valence-electron chi connectivity index (χ1n) is 3.48. The van der Waals surface area contributed by atoms with Crippen molar-refractivity contribution < 1.29 is 23.5 Å². The molecule has 0 saturated heterocycles. The van der Waals surface area contributed by atoms with E-state index < -0.39 is 28.9 Å². The van der Waals surface area contributed by atoms with E-state index in [-0.39, 0.29) is 6.41 Å². The third-order valence-electron chi connectivity index (χ3n) is 1.50. The second kappa shape index (κ2) is 3.82. The van der Waals surface area contributed by atoms with E-state index in [9.17, 15) is 18.4 Å². The summed E-state index contributed by atoms with van der Waals surface area (Å²) in [6, 6.07) is 1.11. The van der Waals surface area contributed by atoms with Gasteiger partial charge in [-0.25, -0.2) is 13.6 Å². The summed E-state index contributed by atoms with van der Waals surface area (Å²) in [6.07, 6.45) is 0.165. The Kier molecular flexibility index (Phi) is 2.76. The van der Waals surface area contributed by atoms with Crippen LogP contribution < -0.4 is 5.32 Å². The first kappa shape index (κ1) is 10.1. The maximum atomic E-state index is 12.9. The fraction of sp³-hybridized carbons (Fsp3) is 0. The zero-order valence-electron chi connectivity index (χ0n) is 6.75. The van der Waals surface area contributed by atoms with Gasteiger partial charge in [-0.15, -0.1) is 0 Å². The molecule has 1 amide bonds. The lowest BCUT2D eigenvalue weighted by Gasteiger charge is -2.03. The molecule has 0 aliphatic rings. The van der Waals surface area contributed by atoms with Gasteiger partial charge in [0.1, 0.15) is 11.6 Å². The van der Waals surface area contributed by atoms with E-state index in [0.717, 1.165) is 0 Å². The molecule has 14 heavy (non-hydrogen) atoms. The van der Waals surface area contributed by atoms with Crippen LogP contribution in [-0.4, -0.2) is 17.5 Å². The van der Waals surface area contributed by atoms with Crippen molar-refractivity contribution in [3.63, 3.8) is 0 Å². The van der Waals surface area contributed by atoms with Crippen molar-refractivity contribution >= 4 is 18.1 Å². The minimum Gasteiger partial charge on any atom is -0.478 e. The van der Waals surface area contributed by atoms with Crippen LogP contribution in [0.3, 0.4) is 0 Å². The molecule has 1 aromatic rings. The van der Waals surface area contributed by atoms with Crippen LogP contribution in [0.25, 0.3) is 0 Å². The molecule has 0 fully saturated rings. The number of anilines is 1. The molecule has 0 aliphatic carbocycles. The number of nitrogens with one attached hydrogen (secondary N) is 1. The molecule has 1 rings (SSSR count). The van der Waals surface area contributed by atoms with E-state index in [1.165, 1.54) is 0 Å². The highest BCUT2D eigenvalue weighted by Crippen LogP contribution is 2.18. The Bertz CT molecular complexity index is 392. The largest absolute Gasteiger partial charge is 0.478 e. The number of hydrogen-bond acceptors (Lipinski definition) is 2. The van der Waals surface area contributed by atoms with Gasteiger partial charge < -0.3 is 10.4 Å². The Morgan fingerprint density at radius 2 is 2.00 bits per heavy atom. The Hall–Kier alpha value is -1.98. The lowest BCUT2D eigenvalue weighted by molar-refractivity contribution is -0.105. The summed E-state index contributed by atoms with van der Waals surface area (Å²) >= 11 is 0. The number of hydrogen-bond donors (Lipinski definition) is 2. The molecule has 0 bridgehead atoms. The summed E-state index contributed by atoms with van der Waals surface area (Å²) in [5.74, 6) is -3.68.